The normalized spacial score (nSPS) is 23.5. The summed E-state index contributed by atoms with van der Waals surface area (Å²) >= 11 is 0. The van der Waals surface area contributed by atoms with Crippen LogP contribution < -0.4 is 16.4 Å². The molecule has 17 heavy (non-hydrogen) atoms. The molecule has 1 atom stereocenters. The van der Waals surface area contributed by atoms with Crippen LogP contribution in [-0.2, 0) is 4.79 Å². The first kappa shape index (κ1) is 12.2. The Balaban J connectivity index is 1.75. The molecule has 2 fully saturated rings. The Morgan fingerprint density at radius 2 is 1.94 bits per heavy atom. The summed E-state index contributed by atoms with van der Waals surface area (Å²) in [5.74, 6) is 0.410. The lowest BCUT2D eigenvalue weighted by molar-refractivity contribution is -0.122. The van der Waals surface area contributed by atoms with Gasteiger partial charge >= 0.3 is 0 Å². The average molecular weight is 238 g/mol. The molecule has 2 rings (SSSR count). The topological polar surface area (TPSA) is 79.5 Å². The van der Waals surface area contributed by atoms with E-state index in [-0.39, 0.29) is 11.9 Å². The molecule has 0 saturated heterocycles. The number of hydrogen-bond acceptors (Lipinski definition) is 2. The summed E-state index contributed by atoms with van der Waals surface area (Å²) in [6.45, 7) is 1.81. The van der Waals surface area contributed by atoms with E-state index < -0.39 is 0 Å². The number of aliphatic imine (C=N–C) groups is 1. The fourth-order valence-corrected chi connectivity index (χ4v) is 2.11. The second-order valence-electron chi connectivity index (χ2n) is 5.10. The Kier molecular flexibility index (Phi) is 3.86. The molecule has 0 aromatic rings. The fraction of sp³-hybridized carbons (Fsp3) is 0.833. The van der Waals surface area contributed by atoms with Crippen molar-refractivity contribution in [2.24, 2.45) is 10.7 Å². The van der Waals surface area contributed by atoms with Crippen molar-refractivity contribution in [3.05, 3.63) is 0 Å². The zero-order chi connectivity index (χ0) is 12.3. The number of carbonyl (C=O) groups excluding carboxylic acids is 1. The van der Waals surface area contributed by atoms with E-state index in [4.69, 9.17) is 5.73 Å². The zero-order valence-electron chi connectivity index (χ0n) is 10.4. The van der Waals surface area contributed by atoms with E-state index in [2.05, 4.69) is 15.6 Å². The van der Waals surface area contributed by atoms with Gasteiger partial charge in [-0.15, -0.1) is 0 Å². The van der Waals surface area contributed by atoms with Gasteiger partial charge in [-0.1, -0.05) is 12.8 Å². The van der Waals surface area contributed by atoms with E-state index in [9.17, 15) is 4.79 Å². The predicted octanol–water partition coefficient (Wildman–Crippen LogP) is 0.500. The van der Waals surface area contributed by atoms with Gasteiger partial charge < -0.3 is 16.4 Å². The first-order valence-corrected chi connectivity index (χ1v) is 6.55. The van der Waals surface area contributed by atoms with E-state index in [0.717, 1.165) is 25.7 Å². The first-order valence-electron chi connectivity index (χ1n) is 6.55. The monoisotopic (exact) mass is 238 g/mol. The van der Waals surface area contributed by atoms with Gasteiger partial charge in [0.05, 0.1) is 6.04 Å². The molecular weight excluding hydrogens is 216 g/mol. The van der Waals surface area contributed by atoms with E-state index in [1.54, 1.807) is 0 Å². The minimum absolute atomic E-state index is 0.0112. The molecule has 0 heterocycles. The Labute approximate surface area is 102 Å². The summed E-state index contributed by atoms with van der Waals surface area (Å²) in [5.41, 5.74) is 5.80. The number of guanidine groups is 1. The van der Waals surface area contributed by atoms with E-state index in [1.807, 2.05) is 6.92 Å². The summed E-state index contributed by atoms with van der Waals surface area (Å²) in [6, 6.07) is 0.432. The van der Waals surface area contributed by atoms with Gasteiger partial charge in [0, 0.05) is 6.04 Å². The maximum Gasteiger partial charge on any atom is 0.242 e. The highest BCUT2D eigenvalue weighted by Gasteiger charge is 2.25. The van der Waals surface area contributed by atoms with Crippen LogP contribution in [0.3, 0.4) is 0 Å². The van der Waals surface area contributed by atoms with Crippen molar-refractivity contribution in [1.29, 1.82) is 0 Å². The third-order valence-corrected chi connectivity index (χ3v) is 3.33. The molecule has 5 heteroatoms. The van der Waals surface area contributed by atoms with Crippen LogP contribution in [-0.4, -0.2) is 30.0 Å². The van der Waals surface area contributed by atoms with Gasteiger partial charge in [0.2, 0.25) is 5.91 Å². The van der Waals surface area contributed by atoms with Crippen LogP contribution in [0.25, 0.3) is 0 Å². The van der Waals surface area contributed by atoms with Crippen molar-refractivity contribution in [3.8, 4) is 0 Å². The highest BCUT2D eigenvalue weighted by molar-refractivity contribution is 5.88. The smallest absolute Gasteiger partial charge is 0.242 e. The number of nitrogens with one attached hydrogen (secondary N) is 2. The molecule has 1 amide bonds. The lowest BCUT2D eigenvalue weighted by Gasteiger charge is -2.15. The van der Waals surface area contributed by atoms with Gasteiger partial charge in [0.25, 0.3) is 0 Å². The molecule has 4 N–H and O–H groups in total. The van der Waals surface area contributed by atoms with Crippen molar-refractivity contribution in [3.63, 3.8) is 0 Å². The Bertz CT molecular complexity index is 306. The molecule has 2 saturated carbocycles. The SMILES string of the molecule is CC(NC(N)=NC1CCCC1)C(=O)NC1CC1. The molecular formula is C12H22N4O. The van der Waals surface area contributed by atoms with Crippen LogP contribution in [0.15, 0.2) is 4.99 Å². The third kappa shape index (κ3) is 3.91. The quantitative estimate of drug-likeness (QED) is 0.493. The molecule has 2 aliphatic carbocycles. The van der Waals surface area contributed by atoms with Crippen molar-refractivity contribution in [2.75, 3.05) is 0 Å². The van der Waals surface area contributed by atoms with E-state index in [0.29, 0.717) is 18.0 Å². The van der Waals surface area contributed by atoms with Crippen LogP contribution in [0, 0.1) is 0 Å². The molecule has 96 valence electrons. The molecule has 0 spiro atoms. The molecule has 5 nitrogen and oxygen atoms in total. The first-order chi connectivity index (χ1) is 8.15. The van der Waals surface area contributed by atoms with Crippen molar-refractivity contribution < 1.29 is 4.79 Å². The lowest BCUT2D eigenvalue weighted by atomic mass is 10.3. The summed E-state index contributed by atoms with van der Waals surface area (Å²) < 4.78 is 0. The fourth-order valence-electron chi connectivity index (χ4n) is 2.11. The number of nitrogens with two attached hydrogens (primary N) is 1. The Hall–Kier alpha value is -1.26. The van der Waals surface area contributed by atoms with Crippen LogP contribution in [0.4, 0.5) is 0 Å². The van der Waals surface area contributed by atoms with E-state index >= 15 is 0 Å². The standard InChI is InChI=1S/C12H22N4O/c1-8(11(17)15-10-6-7-10)14-12(13)16-9-4-2-3-5-9/h8-10H,2-7H2,1H3,(H,15,17)(H3,13,14,16). The molecule has 0 aromatic heterocycles. The summed E-state index contributed by atoms with van der Waals surface area (Å²) in [6.07, 6.45) is 6.91. The molecule has 0 aliphatic heterocycles. The summed E-state index contributed by atoms with van der Waals surface area (Å²) in [4.78, 5) is 16.1. The Morgan fingerprint density at radius 3 is 2.53 bits per heavy atom. The van der Waals surface area contributed by atoms with Gasteiger partial charge in [0.1, 0.15) is 6.04 Å². The summed E-state index contributed by atoms with van der Waals surface area (Å²) in [5, 5.41) is 5.90. The van der Waals surface area contributed by atoms with Crippen LogP contribution in [0.1, 0.15) is 45.4 Å². The summed E-state index contributed by atoms with van der Waals surface area (Å²) in [7, 11) is 0. The second kappa shape index (κ2) is 5.38. The molecule has 0 aromatic carbocycles. The lowest BCUT2D eigenvalue weighted by Crippen LogP contribution is -2.48. The molecule has 0 radical (unpaired) electrons. The van der Waals surface area contributed by atoms with Gasteiger partial charge in [-0.2, -0.15) is 0 Å². The van der Waals surface area contributed by atoms with Crippen LogP contribution in [0.5, 0.6) is 0 Å². The van der Waals surface area contributed by atoms with Gasteiger partial charge in [-0.3, -0.25) is 9.79 Å². The predicted molar refractivity (Wildman–Crippen MR) is 67.6 cm³/mol. The van der Waals surface area contributed by atoms with Crippen molar-refractivity contribution in [2.45, 2.75) is 63.6 Å². The Morgan fingerprint density at radius 1 is 1.29 bits per heavy atom. The maximum atomic E-state index is 11.7. The number of rotatable bonds is 4. The minimum Gasteiger partial charge on any atom is -0.370 e. The van der Waals surface area contributed by atoms with Gasteiger partial charge in [-0.25, -0.2) is 0 Å². The molecule has 2 aliphatic rings. The zero-order valence-corrected chi connectivity index (χ0v) is 10.4. The van der Waals surface area contributed by atoms with Crippen molar-refractivity contribution in [1.82, 2.24) is 10.6 Å². The van der Waals surface area contributed by atoms with E-state index in [1.165, 1.54) is 12.8 Å². The third-order valence-electron chi connectivity index (χ3n) is 3.33. The highest BCUT2D eigenvalue weighted by atomic mass is 16.2. The second-order valence-corrected chi connectivity index (χ2v) is 5.10. The number of amides is 1. The number of carbonyl (C=O) groups is 1. The number of nitrogens with zero attached hydrogens (tertiary/aromatic N) is 1. The van der Waals surface area contributed by atoms with Crippen LogP contribution in [0.2, 0.25) is 0 Å². The van der Waals surface area contributed by atoms with Gasteiger partial charge in [0.15, 0.2) is 5.96 Å². The highest BCUT2D eigenvalue weighted by Crippen LogP contribution is 2.20. The largest absolute Gasteiger partial charge is 0.370 e. The molecule has 0 bridgehead atoms. The van der Waals surface area contributed by atoms with Crippen molar-refractivity contribution >= 4 is 11.9 Å². The molecule has 1 unspecified atom stereocenters. The average Bonchev–Trinajstić information content (AvgIpc) is 2.93. The minimum atomic E-state index is -0.305. The van der Waals surface area contributed by atoms with Gasteiger partial charge in [-0.05, 0) is 32.6 Å². The number of hydrogen-bond donors (Lipinski definition) is 3. The van der Waals surface area contributed by atoms with Crippen LogP contribution >= 0.6 is 0 Å². The maximum absolute atomic E-state index is 11.7.